The van der Waals surface area contributed by atoms with Crippen molar-refractivity contribution in [3.05, 3.63) is 0 Å². The minimum atomic E-state index is -0.156. The Balaban J connectivity index is 2.51. The standard InChI is InChI=1S/C8H14N2O2/c1-7(12)10(6-11)8-2-4-9-5-3-8/h6,8-9H,2-5H2,1H3. The Morgan fingerprint density at radius 3 is 2.50 bits per heavy atom. The summed E-state index contributed by atoms with van der Waals surface area (Å²) in [6.07, 6.45) is 2.38. The molecule has 0 aromatic carbocycles. The van der Waals surface area contributed by atoms with Crippen molar-refractivity contribution in [2.75, 3.05) is 13.1 Å². The summed E-state index contributed by atoms with van der Waals surface area (Å²) in [7, 11) is 0. The van der Waals surface area contributed by atoms with E-state index in [9.17, 15) is 9.59 Å². The van der Waals surface area contributed by atoms with Crippen molar-refractivity contribution < 1.29 is 9.59 Å². The molecule has 1 saturated heterocycles. The van der Waals surface area contributed by atoms with Crippen LogP contribution in [-0.4, -0.2) is 36.3 Å². The van der Waals surface area contributed by atoms with Crippen molar-refractivity contribution in [3.8, 4) is 0 Å². The fraction of sp³-hybridized carbons (Fsp3) is 0.750. The van der Waals surface area contributed by atoms with Crippen LogP contribution in [0.5, 0.6) is 0 Å². The van der Waals surface area contributed by atoms with Gasteiger partial charge in [-0.05, 0) is 25.9 Å². The van der Waals surface area contributed by atoms with Gasteiger partial charge in [0.15, 0.2) is 0 Å². The Morgan fingerprint density at radius 1 is 1.50 bits per heavy atom. The minimum absolute atomic E-state index is 0.112. The van der Waals surface area contributed by atoms with Crippen molar-refractivity contribution in [2.24, 2.45) is 0 Å². The van der Waals surface area contributed by atoms with E-state index < -0.39 is 0 Å². The van der Waals surface area contributed by atoms with E-state index >= 15 is 0 Å². The lowest BCUT2D eigenvalue weighted by Gasteiger charge is -2.29. The first kappa shape index (κ1) is 9.19. The van der Waals surface area contributed by atoms with Crippen LogP contribution in [-0.2, 0) is 9.59 Å². The van der Waals surface area contributed by atoms with Gasteiger partial charge in [0.2, 0.25) is 12.3 Å². The van der Waals surface area contributed by atoms with Crippen molar-refractivity contribution in [1.82, 2.24) is 10.2 Å². The highest BCUT2D eigenvalue weighted by molar-refractivity contribution is 5.84. The fourth-order valence-electron chi connectivity index (χ4n) is 1.50. The molecule has 1 aliphatic heterocycles. The predicted molar refractivity (Wildman–Crippen MR) is 44.5 cm³/mol. The first-order chi connectivity index (χ1) is 5.75. The highest BCUT2D eigenvalue weighted by atomic mass is 16.2. The molecule has 1 aliphatic rings. The van der Waals surface area contributed by atoms with E-state index in [4.69, 9.17) is 0 Å². The molecule has 0 spiro atoms. The zero-order valence-corrected chi connectivity index (χ0v) is 7.25. The number of nitrogens with one attached hydrogen (secondary N) is 1. The minimum Gasteiger partial charge on any atom is -0.317 e. The first-order valence-electron chi connectivity index (χ1n) is 4.20. The molecule has 1 fully saturated rings. The molecular weight excluding hydrogens is 156 g/mol. The van der Waals surface area contributed by atoms with E-state index in [2.05, 4.69) is 5.32 Å². The number of imide groups is 1. The molecule has 0 aliphatic carbocycles. The third kappa shape index (κ3) is 2.04. The predicted octanol–water partition coefficient (Wildman–Crippen LogP) is -0.257. The Bertz CT molecular complexity index is 176. The van der Waals surface area contributed by atoms with Crippen LogP contribution in [0.25, 0.3) is 0 Å². The Hall–Kier alpha value is -0.900. The lowest BCUT2D eigenvalue weighted by Crippen LogP contribution is -2.44. The molecule has 0 radical (unpaired) electrons. The Morgan fingerprint density at radius 2 is 2.08 bits per heavy atom. The van der Waals surface area contributed by atoms with Crippen LogP contribution in [0.3, 0.4) is 0 Å². The van der Waals surface area contributed by atoms with Gasteiger partial charge in [-0.2, -0.15) is 0 Å². The van der Waals surface area contributed by atoms with E-state index in [0.29, 0.717) is 6.41 Å². The van der Waals surface area contributed by atoms with Crippen LogP contribution in [0.4, 0.5) is 0 Å². The summed E-state index contributed by atoms with van der Waals surface area (Å²) in [6.45, 7) is 3.21. The maximum atomic E-state index is 10.9. The fourth-order valence-corrected chi connectivity index (χ4v) is 1.50. The van der Waals surface area contributed by atoms with Gasteiger partial charge in [0.1, 0.15) is 0 Å². The van der Waals surface area contributed by atoms with E-state index in [0.717, 1.165) is 25.9 Å². The van der Waals surface area contributed by atoms with Gasteiger partial charge in [0.05, 0.1) is 0 Å². The van der Waals surface area contributed by atoms with Crippen LogP contribution in [0.2, 0.25) is 0 Å². The number of carbonyl (C=O) groups is 2. The highest BCUT2D eigenvalue weighted by Gasteiger charge is 2.21. The second kappa shape index (κ2) is 4.21. The molecule has 0 saturated carbocycles. The molecule has 4 nitrogen and oxygen atoms in total. The van der Waals surface area contributed by atoms with Gasteiger partial charge in [-0.25, -0.2) is 0 Å². The van der Waals surface area contributed by atoms with E-state index in [1.54, 1.807) is 0 Å². The maximum absolute atomic E-state index is 10.9. The average molecular weight is 170 g/mol. The SMILES string of the molecule is CC(=O)N(C=O)C1CCNCC1. The number of carbonyl (C=O) groups excluding carboxylic acids is 2. The van der Waals surface area contributed by atoms with Gasteiger partial charge in [-0.3, -0.25) is 14.5 Å². The monoisotopic (exact) mass is 170 g/mol. The quantitative estimate of drug-likeness (QED) is 0.581. The van der Waals surface area contributed by atoms with Gasteiger partial charge >= 0.3 is 0 Å². The Kier molecular flexibility index (Phi) is 3.22. The van der Waals surface area contributed by atoms with Crippen molar-refractivity contribution in [2.45, 2.75) is 25.8 Å². The summed E-state index contributed by atoms with van der Waals surface area (Å²) in [5.74, 6) is -0.156. The highest BCUT2D eigenvalue weighted by Crippen LogP contribution is 2.09. The molecule has 2 amide bonds. The average Bonchev–Trinajstić information content (AvgIpc) is 2.07. The van der Waals surface area contributed by atoms with Crippen LogP contribution < -0.4 is 5.32 Å². The molecule has 4 heteroatoms. The number of piperidine rings is 1. The van der Waals surface area contributed by atoms with Gasteiger partial charge in [0, 0.05) is 13.0 Å². The normalized spacial score (nSPS) is 18.8. The number of hydrogen-bond acceptors (Lipinski definition) is 3. The second-order valence-electron chi connectivity index (χ2n) is 3.01. The largest absolute Gasteiger partial charge is 0.317 e. The first-order valence-corrected chi connectivity index (χ1v) is 4.20. The van der Waals surface area contributed by atoms with E-state index in [1.807, 2.05) is 0 Å². The summed E-state index contributed by atoms with van der Waals surface area (Å²) in [6, 6.07) is 0.112. The lowest BCUT2D eigenvalue weighted by molar-refractivity contribution is -0.139. The smallest absolute Gasteiger partial charge is 0.226 e. The number of hydrogen-bond donors (Lipinski definition) is 1. The Labute approximate surface area is 71.9 Å². The third-order valence-electron chi connectivity index (χ3n) is 2.18. The molecule has 1 heterocycles. The summed E-state index contributed by atoms with van der Waals surface area (Å²) >= 11 is 0. The molecule has 0 unspecified atom stereocenters. The van der Waals surface area contributed by atoms with Crippen LogP contribution >= 0.6 is 0 Å². The topological polar surface area (TPSA) is 49.4 Å². The summed E-state index contributed by atoms with van der Waals surface area (Å²) in [5.41, 5.74) is 0. The van der Waals surface area contributed by atoms with Crippen LogP contribution in [0.1, 0.15) is 19.8 Å². The maximum Gasteiger partial charge on any atom is 0.226 e. The van der Waals surface area contributed by atoms with E-state index in [-0.39, 0.29) is 11.9 Å². The zero-order chi connectivity index (χ0) is 8.97. The third-order valence-corrected chi connectivity index (χ3v) is 2.18. The van der Waals surface area contributed by atoms with Crippen LogP contribution in [0, 0.1) is 0 Å². The second-order valence-corrected chi connectivity index (χ2v) is 3.01. The summed E-state index contributed by atoms with van der Waals surface area (Å²) < 4.78 is 0. The van der Waals surface area contributed by atoms with Crippen molar-refractivity contribution >= 4 is 12.3 Å². The summed E-state index contributed by atoms with van der Waals surface area (Å²) in [5, 5.41) is 3.18. The van der Waals surface area contributed by atoms with Gasteiger partial charge in [0.25, 0.3) is 0 Å². The molecule has 0 aromatic heterocycles. The molecule has 1 rings (SSSR count). The molecule has 0 atom stereocenters. The molecule has 0 aromatic rings. The summed E-state index contributed by atoms with van der Waals surface area (Å²) in [4.78, 5) is 22.8. The van der Waals surface area contributed by atoms with Crippen molar-refractivity contribution in [3.63, 3.8) is 0 Å². The molecule has 0 bridgehead atoms. The van der Waals surface area contributed by atoms with Gasteiger partial charge in [-0.1, -0.05) is 0 Å². The molecule has 12 heavy (non-hydrogen) atoms. The zero-order valence-electron chi connectivity index (χ0n) is 7.25. The molecule has 1 N–H and O–H groups in total. The van der Waals surface area contributed by atoms with E-state index in [1.165, 1.54) is 11.8 Å². The molecule has 68 valence electrons. The number of amides is 2. The van der Waals surface area contributed by atoms with Gasteiger partial charge < -0.3 is 5.32 Å². The number of nitrogens with zero attached hydrogens (tertiary/aromatic N) is 1. The number of rotatable bonds is 2. The van der Waals surface area contributed by atoms with Gasteiger partial charge in [-0.15, -0.1) is 0 Å². The lowest BCUT2D eigenvalue weighted by atomic mass is 10.1. The van der Waals surface area contributed by atoms with Crippen LogP contribution in [0.15, 0.2) is 0 Å². The molecular formula is C8H14N2O2. The van der Waals surface area contributed by atoms with Crippen molar-refractivity contribution in [1.29, 1.82) is 0 Å².